The second-order valence-electron chi connectivity index (χ2n) is 5.70. The third-order valence-corrected chi connectivity index (χ3v) is 2.74. The van der Waals surface area contributed by atoms with Gasteiger partial charge in [-0.3, -0.25) is 0 Å². The van der Waals surface area contributed by atoms with E-state index in [2.05, 4.69) is 30.7 Å². The maximum atomic E-state index is 10.9. The van der Waals surface area contributed by atoms with Crippen LogP contribution in [0.3, 0.4) is 0 Å². The summed E-state index contributed by atoms with van der Waals surface area (Å²) < 4.78 is 1.92. The molecular weight excluding hydrogens is 230 g/mol. The van der Waals surface area contributed by atoms with Crippen molar-refractivity contribution in [3.63, 3.8) is 0 Å². The van der Waals surface area contributed by atoms with Crippen LogP contribution >= 0.6 is 0 Å². The van der Waals surface area contributed by atoms with Gasteiger partial charge in [-0.25, -0.2) is 14.8 Å². The molecule has 2 heterocycles. The fourth-order valence-electron chi connectivity index (χ4n) is 1.87. The molecule has 0 radical (unpaired) electrons. The lowest BCUT2D eigenvalue weighted by atomic mass is 9.92. The van der Waals surface area contributed by atoms with Gasteiger partial charge in [0.15, 0.2) is 5.65 Å². The minimum atomic E-state index is -0.979. The van der Waals surface area contributed by atoms with Crippen LogP contribution in [0, 0.1) is 5.41 Å². The van der Waals surface area contributed by atoms with Crippen molar-refractivity contribution in [3.05, 3.63) is 23.7 Å². The van der Waals surface area contributed by atoms with E-state index in [1.807, 2.05) is 11.6 Å². The summed E-state index contributed by atoms with van der Waals surface area (Å²) in [5.74, 6) is -0.0556. The van der Waals surface area contributed by atoms with Crippen molar-refractivity contribution >= 4 is 17.1 Å². The highest BCUT2D eigenvalue weighted by atomic mass is 16.4. The second-order valence-corrected chi connectivity index (χ2v) is 5.70. The maximum absolute atomic E-state index is 10.9. The number of aromatic nitrogens is 3. The number of carboxylic acids is 1. The van der Waals surface area contributed by atoms with Crippen molar-refractivity contribution in [1.29, 1.82) is 0 Å². The summed E-state index contributed by atoms with van der Waals surface area (Å²) in [5, 5.41) is 8.93. The summed E-state index contributed by atoms with van der Waals surface area (Å²) in [6.45, 7) is 6.42. The van der Waals surface area contributed by atoms with Crippen molar-refractivity contribution < 1.29 is 9.90 Å². The van der Waals surface area contributed by atoms with E-state index in [1.54, 1.807) is 6.07 Å². The number of rotatable bonds is 2. The topological polar surface area (TPSA) is 68.0 Å². The first-order chi connectivity index (χ1) is 8.28. The van der Waals surface area contributed by atoms with Crippen LogP contribution in [0.2, 0.25) is 0 Å². The fourth-order valence-corrected chi connectivity index (χ4v) is 1.87. The summed E-state index contributed by atoms with van der Waals surface area (Å²) >= 11 is 0. The average molecular weight is 247 g/mol. The number of pyridine rings is 1. The van der Waals surface area contributed by atoms with Gasteiger partial charge in [0.25, 0.3) is 0 Å². The Morgan fingerprint density at radius 1 is 1.44 bits per heavy atom. The highest BCUT2D eigenvalue weighted by Gasteiger charge is 2.18. The number of hydrogen-bond donors (Lipinski definition) is 1. The zero-order chi connectivity index (χ0) is 13.5. The highest BCUT2D eigenvalue weighted by molar-refractivity contribution is 5.90. The minimum absolute atomic E-state index is 0.130. The minimum Gasteiger partial charge on any atom is -0.478 e. The van der Waals surface area contributed by atoms with E-state index in [4.69, 9.17) is 5.11 Å². The van der Waals surface area contributed by atoms with Gasteiger partial charge >= 0.3 is 5.97 Å². The van der Waals surface area contributed by atoms with Crippen LogP contribution in [0.4, 0.5) is 0 Å². The molecule has 0 aliphatic carbocycles. The van der Waals surface area contributed by atoms with Crippen LogP contribution in [-0.2, 0) is 13.5 Å². The zero-order valence-electron chi connectivity index (χ0n) is 11.1. The molecule has 0 saturated carbocycles. The van der Waals surface area contributed by atoms with Gasteiger partial charge in [-0.2, -0.15) is 0 Å². The standard InChI is InChI=1S/C13H17N3O2/c1-13(2,3)6-10-15-9-5-8(12(17)18)7-14-11(9)16(10)4/h5,7H,6H2,1-4H3,(H,17,18). The van der Waals surface area contributed by atoms with Gasteiger partial charge in [-0.1, -0.05) is 20.8 Å². The summed E-state index contributed by atoms with van der Waals surface area (Å²) in [6, 6.07) is 1.57. The Labute approximate surface area is 105 Å². The SMILES string of the molecule is Cn1c(CC(C)(C)C)nc2cc(C(=O)O)cnc21. The normalized spacial score (nSPS) is 12.0. The van der Waals surface area contributed by atoms with Gasteiger partial charge in [-0.05, 0) is 11.5 Å². The van der Waals surface area contributed by atoms with Gasteiger partial charge in [0.1, 0.15) is 11.3 Å². The van der Waals surface area contributed by atoms with Crippen molar-refractivity contribution in [2.75, 3.05) is 0 Å². The molecule has 96 valence electrons. The van der Waals surface area contributed by atoms with Gasteiger partial charge in [0, 0.05) is 19.7 Å². The molecule has 0 fully saturated rings. The lowest BCUT2D eigenvalue weighted by Crippen LogP contribution is -2.13. The molecule has 0 aliphatic heterocycles. The van der Waals surface area contributed by atoms with E-state index in [0.717, 1.165) is 17.9 Å². The monoisotopic (exact) mass is 247 g/mol. The van der Waals surface area contributed by atoms with E-state index < -0.39 is 5.97 Å². The average Bonchev–Trinajstić information content (AvgIpc) is 2.53. The summed E-state index contributed by atoms with van der Waals surface area (Å²) in [7, 11) is 1.91. The summed E-state index contributed by atoms with van der Waals surface area (Å²) in [6.07, 6.45) is 2.19. The number of fused-ring (bicyclic) bond motifs is 1. The Morgan fingerprint density at radius 3 is 2.67 bits per heavy atom. The fraction of sp³-hybridized carbons (Fsp3) is 0.462. The van der Waals surface area contributed by atoms with Crippen molar-refractivity contribution in [1.82, 2.24) is 14.5 Å². The summed E-state index contributed by atoms with van der Waals surface area (Å²) in [4.78, 5) is 19.5. The molecule has 0 atom stereocenters. The highest BCUT2D eigenvalue weighted by Crippen LogP contribution is 2.22. The molecule has 5 heteroatoms. The van der Waals surface area contributed by atoms with E-state index in [-0.39, 0.29) is 11.0 Å². The largest absolute Gasteiger partial charge is 0.478 e. The van der Waals surface area contributed by atoms with Crippen LogP contribution in [0.15, 0.2) is 12.3 Å². The van der Waals surface area contributed by atoms with Gasteiger partial charge < -0.3 is 9.67 Å². The van der Waals surface area contributed by atoms with Crippen molar-refractivity contribution in [3.8, 4) is 0 Å². The molecule has 0 spiro atoms. The maximum Gasteiger partial charge on any atom is 0.337 e. The predicted octanol–water partition coefficient (Wildman–Crippen LogP) is 2.26. The molecule has 18 heavy (non-hydrogen) atoms. The molecule has 1 N–H and O–H groups in total. The molecule has 0 aromatic carbocycles. The van der Waals surface area contributed by atoms with E-state index in [0.29, 0.717) is 5.52 Å². The Hall–Kier alpha value is -1.91. The number of aromatic carboxylic acids is 1. The number of carboxylic acid groups (broad SMARTS) is 1. The van der Waals surface area contributed by atoms with E-state index in [9.17, 15) is 4.79 Å². The Bertz CT molecular complexity index is 608. The molecule has 0 unspecified atom stereocenters. The second kappa shape index (κ2) is 4.08. The van der Waals surface area contributed by atoms with Crippen LogP contribution in [-0.4, -0.2) is 25.6 Å². The molecular formula is C13H17N3O2. The Morgan fingerprint density at radius 2 is 2.11 bits per heavy atom. The molecule has 2 rings (SSSR count). The van der Waals surface area contributed by atoms with Crippen molar-refractivity contribution in [2.45, 2.75) is 27.2 Å². The van der Waals surface area contributed by atoms with Crippen LogP contribution in [0.25, 0.3) is 11.2 Å². The Balaban J connectivity index is 2.52. The first-order valence-corrected chi connectivity index (χ1v) is 5.82. The number of nitrogens with zero attached hydrogens (tertiary/aromatic N) is 3. The van der Waals surface area contributed by atoms with Crippen LogP contribution in [0.1, 0.15) is 37.0 Å². The number of imidazole rings is 1. The van der Waals surface area contributed by atoms with Crippen molar-refractivity contribution in [2.24, 2.45) is 12.5 Å². The quantitative estimate of drug-likeness (QED) is 0.883. The lowest BCUT2D eigenvalue weighted by Gasteiger charge is -2.17. The van der Waals surface area contributed by atoms with Crippen LogP contribution in [0.5, 0.6) is 0 Å². The number of hydrogen-bond acceptors (Lipinski definition) is 3. The molecule has 0 saturated heterocycles. The predicted molar refractivity (Wildman–Crippen MR) is 68.6 cm³/mol. The molecule has 0 aliphatic rings. The van der Waals surface area contributed by atoms with E-state index >= 15 is 0 Å². The number of carbonyl (C=O) groups is 1. The smallest absolute Gasteiger partial charge is 0.337 e. The molecule has 0 bridgehead atoms. The molecule has 2 aromatic heterocycles. The lowest BCUT2D eigenvalue weighted by molar-refractivity contribution is 0.0696. The van der Waals surface area contributed by atoms with Crippen LogP contribution < -0.4 is 0 Å². The molecule has 2 aromatic rings. The van der Waals surface area contributed by atoms with Gasteiger partial charge in [0.05, 0.1) is 5.56 Å². The number of aryl methyl sites for hydroxylation is 1. The molecule has 5 nitrogen and oxygen atoms in total. The Kier molecular flexibility index (Phi) is 2.84. The summed E-state index contributed by atoms with van der Waals surface area (Å²) in [5.41, 5.74) is 1.66. The van der Waals surface area contributed by atoms with Gasteiger partial charge in [0.2, 0.25) is 0 Å². The third kappa shape index (κ3) is 2.34. The van der Waals surface area contributed by atoms with E-state index in [1.165, 1.54) is 6.20 Å². The zero-order valence-corrected chi connectivity index (χ0v) is 11.1. The molecule has 0 amide bonds. The first-order valence-electron chi connectivity index (χ1n) is 5.82. The van der Waals surface area contributed by atoms with Gasteiger partial charge in [-0.15, -0.1) is 0 Å². The third-order valence-electron chi connectivity index (χ3n) is 2.74. The first kappa shape index (κ1) is 12.5.